The first-order valence-electron chi connectivity index (χ1n) is 8.49. The van der Waals surface area contributed by atoms with E-state index in [1.54, 1.807) is 61.1 Å². The first-order valence-corrected chi connectivity index (χ1v) is 8.87. The van der Waals surface area contributed by atoms with Gasteiger partial charge in [0.2, 0.25) is 0 Å². The Morgan fingerprint density at radius 1 is 1.14 bits per heavy atom. The molecule has 0 fully saturated rings. The number of carbonyl (C=O) groups is 1. The lowest BCUT2D eigenvalue weighted by molar-refractivity contribution is 0.102. The van der Waals surface area contributed by atoms with Gasteiger partial charge in [-0.05, 0) is 36.8 Å². The second-order valence-electron chi connectivity index (χ2n) is 6.12. The highest BCUT2D eigenvalue weighted by molar-refractivity contribution is 6.30. The molecule has 0 atom stereocenters. The van der Waals surface area contributed by atoms with E-state index in [0.29, 0.717) is 27.8 Å². The molecule has 2 aromatic carbocycles. The SMILES string of the molecule is COc1cccc(NC(=O)c2nnc3c(-c4ccc(Cl)cc4)cnn3c2C)c1. The van der Waals surface area contributed by atoms with Gasteiger partial charge in [0.1, 0.15) is 5.75 Å². The first kappa shape index (κ1) is 17.9. The molecule has 0 bridgehead atoms. The fourth-order valence-electron chi connectivity index (χ4n) is 2.89. The third-order valence-electron chi connectivity index (χ3n) is 4.35. The lowest BCUT2D eigenvalue weighted by Gasteiger charge is -2.09. The molecule has 0 aliphatic heterocycles. The van der Waals surface area contributed by atoms with Gasteiger partial charge in [-0.1, -0.05) is 29.8 Å². The van der Waals surface area contributed by atoms with Crippen molar-refractivity contribution in [1.29, 1.82) is 0 Å². The van der Waals surface area contributed by atoms with Crippen molar-refractivity contribution in [2.75, 3.05) is 12.4 Å². The number of nitrogens with zero attached hydrogens (tertiary/aromatic N) is 4. The number of hydrogen-bond acceptors (Lipinski definition) is 5. The van der Waals surface area contributed by atoms with E-state index in [4.69, 9.17) is 16.3 Å². The molecule has 0 aliphatic rings. The monoisotopic (exact) mass is 393 g/mol. The second kappa shape index (κ2) is 7.28. The van der Waals surface area contributed by atoms with Crippen molar-refractivity contribution >= 4 is 28.8 Å². The zero-order valence-corrected chi connectivity index (χ0v) is 15.9. The number of amides is 1. The van der Waals surface area contributed by atoms with Crippen LogP contribution in [0.4, 0.5) is 5.69 Å². The van der Waals surface area contributed by atoms with E-state index in [-0.39, 0.29) is 11.6 Å². The number of carbonyl (C=O) groups excluding carboxylic acids is 1. The summed E-state index contributed by atoms with van der Waals surface area (Å²) in [7, 11) is 1.57. The molecular weight excluding hydrogens is 378 g/mol. The van der Waals surface area contributed by atoms with Crippen molar-refractivity contribution < 1.29 is 9.53 Å². The fraction of sp³-hybridized carbons (Fsp3) is 0.100. The average molecular weight is 394 g/mol. The number of hydrogen-bond donors (Lipinski definition) is 1. The van der Waals surface area contributed by atoms with Crippen LogP contribution in [0.1, 0.15) is 16.2 Å². The Labute approximate surface area is 165 Å². The Morgan fingerprint density at radius 3 is 2.68 bits per heavy atom. The van der Waals surface area contributed by atoms with E-state index in [0.717, 1.165) is 11.1 Å². The molecule has 4 rings (SSSR count). The van der Waals surface area contributed by atoms with Crippen LogP contribution in [-0.4, -0.2) is 32.8 Å². The highest BCUT2D eigenvalue weighted by Crippen LogP contribution is 2.25. The summed E-state index contributed by atoms with van der Waals surface area (Å²) in [5.41, 5.74) is 3.69. The Hall–Kier alpha value is -3.45. The van der Waals surface area contributed by atoms with E-state index in [1.165, 1.54) is 0 Å². The molecule has 0 aliphatic carbocycles. The first-order chi connectivity index (χ1) is 13.6. The maximum atomic E-state index is 12.7. The zero-order chi connectivity index (χ0) is 19.7. The van der Waals surface area contributed by atoms with Crippen LogP contribution in [-0.2, 0) is 0 Å². The molecule has 4 aromatic rings. The third kappa shape index (κ3) is 3.27. The van der Waals surface area contributed by atoms with E-state index in [2.05, 4.69) is 20.6 Å². The minimum atomic E-state index is -0.372. The highest BCUT2D eigenvalue weighted by atomic mass is 35.5. The summed E-state index contributed by atoms with van der Waals surface area (Å²) in [5, 5.41) is 16.2. The maximum Gasteiger partial charge on any atom is 0.278 e. The summed E-state index contributed by atoms with van der Waals surface area (Å²) < 4.78 is 6.78. The van der Waals surface area contributed by atoms with Crippen LogP contribution < -0.4 is 10.1 Å². The molecule has 0 saturated carbocycles. The summed E-state index contributed by atoms with van der Waals surface area (Å²) in [4.78, 5) is 12.7. The Bertz CT molecular complexity index is 1170. The van der Waals surface area contributed by atoms with Crippen LogP contribution in [0.3, 0.4) is 0 Å². The number of rotatable bonds is 4. The van der Waals surface area contributed by atoms with Crippen molar-refractivity contribution in [1.82, 2.24) is 19.8 Å². The molecule has 0 unspecified atom stereocenters. The Kier molecular flexibility index (Phi) is 4.67. The summed E-state index contributed by atoms with van der Waals surface area (Å²) in [5.74, 6) is 0.277. The van der Waals surface area contributed by atoms with Crippen molar-refractivity contribution in [2.45, 2.75) is 6.92 Å². The van der Waals surface area contributed by atoms with Gasteiger partial charge in [0.15, 0.2) is 11.3 Å². The standard InChI is InChI=1S/C20H16ClN5O2/c1-12-18(20(27)23-15-4-3-5-16(10-15)28-2)24-25-19-17(11-22-26(12)19)13-6-8-14(21)9-7-13/h3-11H,1-2H3,(H,23,27). The number of aryl methyl sites for hydroxylation is 1. The normalized spacial score (nSPS) is 10.8. The van der Waals surface area contributed by atoms with Crippen molar-refractivity contribution in [3.8, 4) is 16.9 Å². The molecule has 0 spiro atoms. The molecule has 2 aromatic heterocycles. The van der Waals surface area contributed by atoms with Crippen LogP contribution in [0.5, 0.6) is 5.75 Å². The molecule has 0 saturated heterocycles. The molecule has 1 N–H and O–H groups in total. The van der Waals surface area contributed by atoms with Crippen LogP contribution in [0.15, 0.2) is 54.7 Å². The minimum Gasteiger partial charge on any atom is -0.497 e. The molecule has 2 heterocycles. The number of nitrogens with one attached hydrogen (secondary N) is 1. The second-order valence-corrected chi connectivity index (χ2v) is 6.56. The number of fused-ring (bicyclic) bond motifs is 1. The highest BCUT2D eigenvalue weighted by Gasteiger charge is 2.18. The number of benzene rings is 2. The van der Waals surface area contributed by atoms with E-state index in [9.17, 15) is 4.79 Å². The van der Waals surface area contributed by atoms with Gasteiger partial charge in [-0.15, -0.1) is 10.2 Å². The molecule has 7 nitrogen and oxygen atoms in total. The lowest BCUT2D eigenvalue weighted by atomic mass is 10.1. The predicted octanol–water partition coefficient (Wildman–Crippen LogP) is 4.01. The summed E-state index contributed by atoms with van der Waals surface area (Å²) in [6.07, 6.45) is 1.70. The maximum absolute atomic E-state index is 12.7. The Morgan fingerprint density at radius 2 is 1.93 bits per heavy atom. The van der Waals surface area contributed by atoms with Crippen molar-refractivity contribution in [3.05, 3.63) is 71.1 Å². The average Bonchev–Trinajstić information content (AvgIpc) is 3.14. The molecular formula is C20H16ClN5O2. The molecule has 1 amide bonds. The van der Waals surface area contributed by atoms with E-state index in [1.807, 2.05) is 12.1 Å². The van der Waals surface area contributed by atoms with Gasteiger partial charge in [-0.2, -0.15) is 5.10 Å². The molecule has 8 heteroatoms. The van der Waals surface area contributed by atoms with E-state index < -0.39 is 0 Å². The quantitative estimate of drug-likeness (QED) is 0.566. The molecule has 140 valence electrons. The molecule has 0 radical (unpaired) electrons. The van der Waals surface area contributed by atoms with Gasteiger partial charge in [0.05, 0.1) is 19.0 Å². The van der Waals surface area contributed by atoms with Gasteiger partial charge in [-0.3, -0.25) is 4.79 Å². The number of methoxy groups -OCH3 is 1. The van der Waals surface area contributed by atoms with Gasteiger partial charge < -0.3 is 10.1 Å². The van der Waals surface area contributed by atoms with Crippen LogP contribution in [0, 0.1) is 6.92 Å². The van der Waals surface area contributed by atoms with Crippen LogP contribution in [0.25, 0.3) is 16.8 Å². The van der Waals surface area contributed by atoms with Gasteiger partial charge in [0, 0.05) is 22.3 Å². The number of ether oxygens (including phenoxy) is 1. The zero-order valence-electron chi connectivity index (χ0n) is 15.2. The van der Waals surface area contributed by atoms with Crippen molar-refractivity contribution in [2.24, 2.45) is 0 Å². The summed E-state index contributed by atoms with van der Waals surface area (Å²) in [6.45, 7) is 1.78. The summed E-state index contributed by atoms with van der Waals surface area (Å²) >= 11 is 5.96. The van der Waals surface area contributed by atoms with Gasteiger partial charge in [-0.25, -0.2) is 4.52 Å². The topological polar surface area (TPSA) is 81.4 Å². The number of aromatic nitrogens is 4. The molecule has 28 heavy (non-hydrogen) atoms. The Balaban J connectivity index is 1.68. The summed E-state index contributed by atoms with van der Waals surface area (Å²) in [6, 6.07) is 14.5. The van der Waals surface area contributed by atoms with Gasteiger partial charge in [0.25, 0.3) is 5.91 Å². The van der Waals surface area contributed by atoms with Crippen molar-refractivity contribution in [3.63, 3.8) is 0 Å². The third-order valence-corrected chi connectivity index (χ3v) is 4.60. The van der Waals surface area contributed by atoms with Gasteiger partial charge >= 0.3 is 0 Å². The van der Waals surface area contributed by atoms with Crippen LogP contribution in [0.2, 0.25) is 5.02 Å². The fourth-order valence-corrected chi connectivity index (χ4v) is 3.01. The van der Waals surface area contributed by atoms with E-state index >= 15 is 0 Å². The predicted molar refractivity (Wildman–Crippen MR) is 107 cm³/mol. The largest absolute Gasteiger partial charge is 0.497 e. The number of anilines is 1. The van der Waals surface area contributed by atoms with Crippen LogP contribution >= 0.6 is 11.6 Å². The number of halogens is 1. The minimum absolute atomic E-state index is 0.195. The lowest BCUT2D eigenvalue weighted by Crippen LogP contribution is -2.18. The smallest absolute Gasteiger partial charge is 0.278 e.